The first-order valence-electron chi connectivity index (χ1n) is 9.15. The number of anilines is 1. The Bertz CT molecular complexity index is 1190. The van der Waals surface area contributed by atoms with Gasteiger partial charge in [-0.05, 0) is 38.1 Å². The smallest absolute Gasteiger partial charge is 0.418 e. The van der Waals surface area contributed by atoms with Crippen LogP contribution in [0.2, 0.25) is 0 Å². The van der Waals surface area contributed by atoms with Crippen molar-refractivity contribution >= 4 is 28.8 Å². The maximum Gasteiger partial charge on any atom is 0.418 e. The highest BCUT2D eigenvalue weighted by Gasteiger charge is 2.22. The predicted octanol–water partition coefficient (Wildman–Crippen LogP) is 4.09. The lowest BCUT2D eigenvalue weighted by molar-refractivity contribution is 0.155. The summed E-state index contributed by atoms with van der Waals surface area (Å²) in [5.74, 6) is -0.944. The predicted molar refractivity (Wildman–Crippen MR) is 108 cm³/mol. The van der Waals surface area contributed by atoms with Crippen molar-refractivity contribution in [3.63, 3.8) is 0 Å². The number of carbonyl (C=O) groups is 2. The molecule has 156 valence electrons. The van der Waals surface area contributed by atoms with E-state index >= 15 is 0 Å². The minimum atomic E-state index is -0.835. The number of benzene rings is 2. The summed E-state index contributed by atoms with van der Waals surface area (Å²) in [6.45, 7) is 3.39. The lowest BCUT2D eigenvalue weighted by Crippen LogP contribution is -2.21. The minimum absolute atomic E-state index is 0.00566. The first-order valence-corrected chi connectivity index (χ1v) is 9.15. The van der Waals surface area contributed by atoms with Crippen LogP contribution < -0.4 is 10.7 Å². The van der Waals surface area contributed by atoms with Crippen LogP contribution in [-0.4, -0.2) is 35.1 Å². The number of rotatable bonds is 4. The van der Waals surface area contributed by atoms with E-state index < -0.39 is 23.4 Å². The van der Waals surface area contributed by atoms with Crippen LogP contribution in [0.4, 0.5) is 19.7 Å². The number of halogens is 1. The number of hydrogen-bond donors (Lipinski definition) is 2. The van der Waals surface area contributed by atoms with Crippen molar-refractivity contribution in [2.45, 2.75) is 13.8 Å². The van der Waals surface area contributed by atoms with Crippen molar-refractivity contribution in [1.29, 1.82) is 0 Å². The van der Waals surface area contributed by atoms with Gasteiger partial charge in [0.15, 0.2) is 5.43 Å². The van der Waals surface area contributed by atoms with Crippen LogP contribution in [-0.2, 0) is 9.47 Å². The molecule has 0 spiro atoms. The van der Waals surface area contributed by atoms with Gasteiger partial charge in [-0.15, -0.1) is 0 Å². The molecule has 2 aromatic carbocycles. The van der Waals surface area contributed by atoms with Crippen LogP contribution in [0, 0.1) is 5.82 Å². The quantitative estimate of drug-likeness (QED) is 0.666. The number of phenols is 1. The molecule has 2 N–H and O–H groups in total. The Morgan fingerprint density at radius 3 is 2.53 bits per heavy atom. The molecule has 0 bridgehead atoms. The largest absolute Gasteiger partial charge is 0.508 e. The third-order valence-corrected chi connectivity index (χ3v) is 4.23. The molecule has 1 amide bonds. The summed E-state index contributed by atoms with van der Waals surface area (Å²) in [5.41, 5.74) is -0.304. The third kappa shape index (κ3) is 3.95. The fourth-order valence-electron chi connectivity index (χ4n) is 3.05. The van der Waals surface area contributed by atoms with E-state index in [0.29, 0.717) is 0 Å². The van der Waals surface area contributed by atoms with Gasteiger partial charge in [-0.3, -0.25) is 10.1 Å². The highest BCUT2D eigenvalue weighted by molar-refractivity contribution is 5.97. The Labute approximate surface area is 170 Å². The van der Waals surface area contributed by atoms with E-state index in [4.69, 9.17) is 9.47 Å². The molecule has 0 atom stereocenters. The topological polar surface area (TPSA) is 107 Å². The van der Waals surface area contributed by atoms with E-state index in [9.17, 15) is 23.9 Å². The van der Waals surface area contributed by atoms with Crippen LogP contribution in [0.1, 0.15) is 13.8 Å². The van der Waals surface area contributed by atoms with Crippen molar-refractivity contribution < 1.29 is 28.6 Å². The average Bonchev–Trinajstić information content (AvgIpc) is 2.68. The number of aromatic hydroxyl groups is 1. The SMILES string of the molecule is CCOC(=O)Nc1cc(O)ccc1-c1cc(=O)c2c(F)cccc2n1C(=O)OCC. The maximum atomic E-state index is 14.3. The molecule has 0 unspecified atom stereocenters. The first kappa shape index (κ1) is 20.8. The van der Waals surface area contributed by atoms with Crippen LogP contribution in [0.15, 0.2) is 47.3 Å². The van der Waals surface area contributed by atoms with E-state index in [0.717, 1.165) is 16.7 Å². The molecule has 0 radical (unpaired) electrons. The molecule has 0 saturated carbocycles. The lowest BCUT2D eigenvalue weighted by atomic mass is 10.1. The van der Waals surface area contributed by atoms with Gasteiger partial charge in [0, 0.05) is 17.7 Å². The van der Waals surface area contributed by atoms with E-state index in [1.165, 1.54) is 30.3 Å². The summed E-state index contributed by atoms with van der Waals surface area (Å²) >= 11 is 0. The van der Waals surface area contributed by atoms with Gasteiger partial charge in [0.25, 0.3) is 0 Å². The average molecular weight is 414 g/mol. The zero-order valence-corrected chi connectivity index (χ0v) is 16.3. The molecule has 0 aliphatic carbocycles. The number of fused-ring (bicyclic) bond motifs is 1. The molecule has 3 rings (SSSR count). The molecule has 30 heavy (non-hydrogen) atoms. The number of hydrogen-bond acceptors (Lipinski definition) is 6. The second-order valence-electron chi connectivity index (χ2n) is 6.14. The van der Waals surface area contributed by atoms with Crippen molar-refractivity contribution in [2.75, 3.05) is 18.5 Å². The second kappa shape index (κ2) is 8.64. The molecule has 1 aromatic heterocycles. The Hall–Kier alpha value is -3.88. The number of nitrogens with zero attached hydrogens (tertiary/aromatic N) is 1. The summed E-state index contributed by atoms with van der Waals surface area (Å²) in [6.07, 6.45) is -1.63. The first-order chi connectivity index (χ1) is 14.4. The van der Waals surface area contributed by atoms with Crippen LogP contribution >= 0.6 is 0 Å². The fraction of sp³-hybridized carbons (Fsp3) is 0.190. The zero-order chi connectivity index (χ0) is 21.8. The number of nitrogens with one attached hydrogen (secondary N) is 1. The molecule has 0 aliphatic heterocycles. The van der Waals surface area contributed by atoms with E-state index in [2.05, 4.69) is 5.32 Å². The van der Waals surface area contributed by atoms with Gasteiger partial charge in [-0.1, -0.05) is 6.07 Å². The molecule has 1 heterocycles. The molecule has 9 heteroatoms. The number of carbonyl (C=O) groups excluding carboxylic acids is 2. The lowest BCUT2D eigenvalue weighted by Gasteiger charge is -2.18. The fourth-order valence-corrected chi connectivity index (χ4v) is 3.05. The standard InChI is InChI=1S/C21H19FN2O6/c1-3-29-20(27)23-15-10-12(25)8-9-13(15)17-11-18(26)19-14(22)6-5-7-16(19)24(17)21(28)30-4-2/h5-11,25H,3-4H2,1-2H3,(H,23,27). The van der Waals surface area contributed by atoms with Crippen LogP contribution in [0.25, 0.3) is 22.2 Å². The summed E-state index contributed by atoms with van der Waals surface area (Å²) < 4.78 is 25.3. The second-order valence-corrected chi connectivity index (χ2v) is 6.14. The van der Waals surface area contributed by atoms with Crippen LogP contribution in [0.5, 0.6) is 5.75 Å². The molecule has 0 saturated heterocycles. The summed E-state index contributed by atoms with van der Waals surface area (Å²) in [6, 6.07) is 8.94. The Kier molecular flexibility index (Phi) is 6.01. The van der Waals surface area contributed by atoms with E-state index in [1.807, 2.05) is 0 Å². The molecule has 0 aliphatic rings. The normalized spacial score (nSPS) is 10.6. The summed E-state index contributed by atoms with van der Waals surface area (Å²) in [5, 5.41) is 12.0. The number of pyridine rings is 1. The Morgan fingerprint density at radius 1 is 1.10 bits per heavy atom. The zero-order valence-electron chi connectivity index (χ0n) is 16.3. The van der Waals surface area contributed by atoms with Crippen molar-refractivity contribution in [1.82, 2.24) is 4.57 Å². The highest BCUT2D eigenvalue weighted by atomic mass is 19.1. The van der Waals surface area contributed by atoms with Gasteiger partial charge in [0.05, 0.1) is 35.5 Å². The molecule has 3 aromatic rings. The van der Waals surface area contributed by atoms with Crippen molar-refractivity contribution in [3.8, 4) is 17.0 Å². The molecule has 0 fully saturated rings. The minimum Gasteiger partial charge on any atom is -0.508 e. The Morgan fingerprint density at radius 2 is 1.83 bits per heavy atom. The van der Waals surface area contributed by atoms with E-state index in [1.54, 1.807) is 13.8 Å². The monoisotopic (exact) mass is 414 g/mol. The Balaban J connectivity index is 2.34. The number of amides is 1. The van der Waals surface area contributed by atoms with Gasteiger partial charge in [-0.25, -0.2) is 18.5 Å². The number of phenolic OH excluding ortho intramolecular Hbond substituents is 1. The van der Waals surface area contributed by atoms with E-state index in [-0.39, 0.29) is 46.8 Å². The van der Waals surface area contributed by atoms with Crippen molar-refractivity contribution in [3.05, 3.63) is 58.5 Å². The van der Waals surface area contributed by atoms with Gasteiger partial charge < -0.3 is 14.6 Å². The van der Waals surface area contributed by atoms with Gasteiger partial charge in [0.1, 0.15) is 11.6 Å². The number of ether oxygens (including phenoxy) is 2. The number of aromatic nitrogens is 1. The summed E-state index contributed by atoms with van der Waals surface area (Å²) in [4.78, 5) is 37.3. The molecular weight excluding hydrogens is 395 g/mol. The van der Waals surface area contributed by atoms with Gasteiger partial charge >= 0.3 is 12.2 Å². The summed E-state index contributed by atoms with van der Waals surface area (Å²) in [7, 11) is 0. The van der Waals surface area contributed by atoms with Crippen molar-refractivity contribution in [2.24, 2.45) is 0 Å². The van der Waals surface area contributed by atoms with Gasteiger partial charge in [-0.2, -0.15) is 0 Å². The van der Waals surface area contributed by atoms with Gasteiger partial charge in [0.2, 0.25) is 0 Å². The maximum absolute atomic E-state index is 14.3. The molecule has 8 nitrogen and oxygen atoms in total. The highest BCUT2D eigenvalue weighted by Crippen LogP contribution is 2.33. The van der Waals surface area contributed by atoms with Crippen LogP contribution in [0.3, 0.4) is 0 Å². The third-order valence-electron chi connectivity index (χ3n) is 4.23. The molecular formula is C21H19FN2O6.